The van der Waals surface area contributed by atoms with Crippen LogP contribution < -0.4 is 5.73 Å². The summed E-state index contributed by atoms with van der Waals surface area (Å²) >= 11 is 0. The van der Waals surface area contributed by atoms with Gasteiger partial charge in [0.25, 0.3) is 0 Å². The van der Waals surface area contributed by atoms with E-state index in [1.807, 2.05) is 31.2 Å². The van der Waals surface area contributed by atoms with Gasteiger partial charge < -0.3 is 5.73 Å². The van der Waals surface area contributed by atoms with E-state index >= 15 is 0 Å². The lowest BCUT2D eigenvalue weighted by atomic mass is 9.84. The molecule has 0 aromatic heterocycles. The zero-order valence-corrected chi connectivity index (χ0v) is 15.7. The van der Waals surface area contributed by atoms with E-state index in [0.717, 1.165) is 33.4 Å². The minimum Gasteiger partial charge on any atom is -0.366 e. The Morgan fingerprint density at radius 1 is 1.21 bits per heavy atom. The van der Waals surface area contributed by atoms with Crippen molar-refractivity contribution >= 4 is 17.7 Å². The van der Waals surface area contributed by atoms with E-state index in [4.69, 9.17) is 5.73 Å². The van der Waals surface area contributed by atoms with Crippen molar-refractivity contribution in [2.45, 2.75) is 25.7 Å². The maximum absolute atomic E-state index is 14.1. The molecule has 0 spiro atoms. The number of nitrogens with zero attached hydrogens (tertiary/aromatic N) is 1. The zero-order chi connectivity index (χ0) is 19.7. The lowest BCUT2D eigenvalue weighted by Gasteiger charge is -2.20. The largest absolute Gasteiger partial charge is 0.366 e. The molecule has 0 bridgehead atoms. The number of hydrogen-bond acceptors (Lipinski definition) is 2. The predicted molar refractivity (Wildman–Crippen MR) is 110 cm³/mol. The Hall–Kier alpha value is -3.27. The van der Waals surface area contributed by atoms with Crippen molar-refractivity contribution in [3.8, 4) is 0 Å². The summed E-state index contributed by atoms with van der Waals surface area (Å²) in [7, 11) is 0. The van der Waals surface area contributed by atoms with Crippen molar-refractivity contribution in [3.05, 3.63) is 100 Å². The van der Waals surface area contributed by atoms with Gasteiger partial charge in [-0.05, 0) is 59.4 Å². The van der Waals surface area contributed by atoms with Gasteiger partial charge in [-0.2, -0.15) is 0 Å². The smallest absolute Gasteiger partial charge is 0.245 e. The van der Waals surface area contributed by atoms with Crippen LogP contribution >= 0.6 is 0 Å². The van der Waals surface area contributed by atoms with Crippen molar-refractivity contribution in [2.24, 2.45) is 10.7 Å². The normalized spacial score (nSPS) is 19.7. The summed E-state index contributed by atoms with van der Waals surface area (Å²) in [4.78, 5) is 16.6. The summed E-state index contributed by atoms with van der Waals surface area (Å²) in [5, 5.41) is 0. The molecule has 1 atom stereocenters. The van der Waals surface area contributed by atoms with Gasteiger partial charge in [0.05, 0.1) is 0 Å². The molecule has 2 aromatic rings. The maximum atomic E-state index is 14.1. The van der Waals surface area contributed by atoms with E-state index in [1.165, 1.54) is 6.07 Å². The van der Waals surface area contributed by atoms with Gasteiger partial charge in [0, 0.05) is 30.3 Å². The Morgan fingerprint density at radius 2 is 2.00 bits per heavy atom. The van der Waals surface area contributed by atoms with Crippen LogP contribution in [0.25, 0.3) is 5.57 Å². The molecular weight excluding hydrogens is 351 g/mol. The number of hydrogen-bond donors (Lipinski definition) is 1. The van der Waals surface area contributed by atoms with Crippen LogP contribution in [0.5, 0.6) is 0 Å². The number of amides is 1. The molecule has 4 rings (SSSR count). The topological polar surface area (TPSA) is 55.5 Å². The fraction of sp³-hybridized carbons (Fsp3) is 0.167. The first-order chi connectivity index (χ1) is 13.6. The van der Waals surface area contributed by atoms with Gasteiger partial charge in [-0.1, -0.05) is 42.0 Å². The summed E-state index contributed by atoms with van der Waals surface area (Å²) in [5.74, 6) is -0.996. The third kappa shape index (κ3) is 3.22. The van der Waals surface area contributed by atoms with E-state index in [0.29, 0.717) is 18.4 Å². The van der Waals surface area contributed by atoms with Gasteiger partial charge in [0.15, 0.2) is 0 Å². The number of allylic oxidation sites excluding steroid dienone is 4. The van der Waals surface area contributed by atoms with E-state index in [2.05, 4.69) is 17.1 Å². The molecule has 1 heterocycles. The van der Waals surface area contributed by atoms with Crippen LogP contribution in [0.4, 0.5) is 4.39 Å². The minimum atomic E-state index is -0.449. The number of primary amides is 1. The third-order valence-electron chi connectivity index (χ3n) is 5.46. The summed E-state index contributed by atoms with van der Waals surface area (Å²) in [6.45, 7) is 2.02. The second kappa shape index (κ2) is 7.39. The average molecular weight is 372 g/mol. The van der Waals surface area contributed by atoms with Crippen LogP contribution in [0.15, 0.2) is 82.5 Å². The van der Waals surface area contributed by atoms with Crippen molar-refractivity contribution in [1.82, 2.24) is 0 Å². The number of aliphatic imine (C=N–C) groups is 1. The molecule has 1 amide bonds. The average Bonchev–Trinajstić information content (AvgIpc) is 2.95. The van der Waals surface area contributed by atoms with Gasteiger partial charge in [0.2, 0.25) is 5.91 Å². The number of fused-ring (bicyclic) bond motifs is 1. The highest BCUT2D eigenvalue weighted by atomic mass is 19.1. The fourth-order valence-electron chi connectivity index (χ4n) is 4.17. The first-order valence-electron chi connectivity index (χ1n) is 9.30. The first kappa shape index (κ1) is 18.1. The molecule has 3 nitrogen and oxygen atoms in total. The standard InChI is InChI=1S/C24H21FN2O/c1-15-20(13-16-5-3-2-4-6-16)21-14-18(25)7-8-19(21)22(15)23(24(26)28)17-9-11-27-12-10-17/h2-9,11-12,14,22H,10,13H2,1H3,(H2,26,28)/b23-17-. The monoisotopic (exact) mass is 372 g/mol. The number of nitrogens with two attached hydrogens (primary N) is 1. The Kier molecular flexibility index (Phi) is 4.78. The SMILES string of the molecule is CC1=C(Cc2ccccc2)c2cc(F)ccc2C1/C(C(N)=O)=C1\C=CN=CC1. The van der Waals surface area contributed by atoms with Crippen LogP contribution in [0.1, 0.15) is 36.0 Å². The Balaban J connectivity index is 1.89. The molecule has 0 radical (unpaired) electrons. The summed E-state index contributed by atoms with van der Waals surface area (Å²) < 4.78 is 14.1. The van der Waals surface area contributed by atoms with Gasteiger partial charge in [-0.3, -0.25) is 9.79 Å². The molecular formula is C24H21FN2O. The quantitative estimate of drug-likeness (QED) is 0.777. The predicted octanol–water partition coefficient (Wildman–Crippen LogP) is 4.71. The van der Waals surface area contributed by atoms with Crippen LogP contribution in [-0.4, -0.2) is 12.1 Å². The molecule has 28 heavy (non-hydrogen) atoms. The van der Waals surface area contributed by atoms with Gasteiger partial charge in [-0.25, -0.2) is 4.39 Å². The molecule has 1 aliphatic heterocycles. The number of carbonyl (C=O) groups is 1. The fourth-order valence-corrected chi connectivity index (χ4v) is 4.17. The van der Waals surface area contributed by atoms with E-state index in [9.17, 15) is 9.18 Å². The van der Waals surface area contributed by atoms with Crippen LogP contribution in [-0.2, 0) is 11.2 Å². The van der Waals surface area contributed by atoms with E-state index < -0.39 is 5.91 Å². The third-order valence-corrected chi connectivity index (χ3v) is 5.46. The van der Waals surface area contributed by atoms with Crippen LogP contribution in [0.2, 0.25) is 0 Å². The highest BCUT2D eigenvalue weighted by Gasteiger charge is 2.34. The number of carbonyl (C=O) groups excluding carboxylic acids is 1. The Labute approximate surface area is 163 Å². The van der Waals surface area contributed by atoms with Crippen LogP contribution in [0, 0.1) is 5.82 Å². The lowest BCUT2D eigenvalue weighted by Crippen LogP contribution is -2.22. The molecule has 0 fully saturated rings. The zero-order valence-electron chi connectivity index (χ0n) is 15.7. The second-order valence-corrected chi connectivity index (χ2v) is 7.14. The Morgan fingerprint density at radius 3 is 2.68 bits per heavy atom. The molecule has 2 aromatic carbocycles. The molecule has 0 saturated carbocycles. The maximum Gasteiger partial charge on any atom is 0.245 e. The highest BCUT2D eigenvalue weighted by molar-refractivity contribution is 5.99. The van der Waals surface area contributed by atoms with Crippen molar-refractivity contribution in [2.75, 3.05) is 0 Å². The van der Waals surface area contributed by atoms with Crippen molar-refractivity contribution in [1.29, 1.82) is 0 Å². The van der Waals surface area contributed by atoms with Gasteiger partial charge in [-0.15, -0.1) is 0 Å². The molecule has 140 valence electrons. The molecule has 2 aliphatic rings. The number of halogens is 1. The second-order valence-electron chi connectivity index (χ2n) is 7.14. The first-order valence-corrected chi connectivity index (χ1v) is 9.30. The van der Waals surface area contributed by atoms with Gasteiger partial charge in [0.1, 0.15) is 5.82 Å². The van der Waals surface area contributed by atoms with Gasteiger partial charge >= 0.3 is 0 Å². The van der Waals surface area contributed by atoms with Crippen LogP contribution in [0.3, 0.4) is 0 Å². The molecule has 2 N–H and O–H groups in total. The lowest BCUT2D eigenvalue weighted by molar-refractivity contribution is -0.114. The van der Waals surface area contributed by atoms with Crippen molar-refractivity contribution in [3.63, 3.8) is 0 Å². The summed E-state index contributed by atoms with van der Waals surface area (Å²) in [6.07, 6.45) is 6.52. The minimum absolute atomic E-state index is 0.266. The molecule has 4 heteroatoms. The highest BCUT2D eigenvalue weighted by Crippen LogP contribution is 2.48. The molecule has 1 unspecified atom stereocenters. The van der Waals surface area contributed by atoms with Crippen molar-refractivity contribution < 1.29 is 9.18 Å². The van der Waals surface area contributed by atoms with E-state index in [1.54, 1.807) is 24.5 Å². The summed E-state index contributed by atoms with van der Waals surface area (Å²) in [6, 6.07) is 14.9. The van der Waals surface area contributed by atoms with E-state index in [-0.39, 0.29) is 11.7 Å². The number of benzene rings is 2. The number of rotatable bonds is 4. The Bertz CT molecular complexity index is 1060. The molecule has 1 aliphatic carbocycles. The summed E-state index contributed by atoms with van der Waals surface area (Å²) in [5.41, 5.74) is 12.3. The molecule has 0 saturated heterocycles.